The molecule has 0 aliphatic rings. The molecule has 15 heavy (non-hydrogen) atoms. The average Bonchev–Trinajstić information content (AvgIpc) is 2.30. The second-order valence-electron chi connectivity index (χ2n) is 3.20. The molecule has 0 unspecified atom stereocenters. The van der Waals surface area contributed by atoms with Crippen LogP contribution in [0.15, 0.2) is 48.7 Å². The summed E-state index contributed by atoms with van der Waals surface area (Å²) in [7, 11) is 1.95. The summed E-state index contributed by atoms with van der Waals surface area (Å²) in [4.78, 5) is 6.21. The third-order valence-corrected chi connectivity index (χ3v) is 2.50. The predicted octanol–water partition coefficient (Wildman–Crippen LogP) is 3.50. The van der Waals surface area contributed by atoms with Crippen molar-refractivity contribution in [3.8, 4) is 0 Å². The van der Waals surface area contributed by atoms with E-state index in [-0.39, 0.29) is 0 Å². The van der Waals surface area contributed by atoms with Gasteiger partial charge < -0.3 is 4.90 Å². The summed E-state index contributed by atoms with van der Waals surface area (Å²) in [6, 6.07) is 13.7. The standard InChI is InChI=1S/C12H11ClN2/c1-15(10-6-3-2-4-7-10)12-11(13)8-5-9-14-12/h2-9H,1H3. The zero-order chi connectivity index (χ0) is 10.7. The van der Waals surface area contributed by atoms with Crippen LogP contribution in [0.4, 0.5) is 11.5 Å². The first-order valence-electron chi connectivity index (χ1n) is 4.68. The van der Waals surface area contributed by atoms with Crippen LogP contribution < -0.4 is 4.90 Å². The summed E-state index contributed by atoms with van der Waals surface area (Å²) >= 11 is 6.06. The smallest absolute Gasteiger partial charge is 0.151 e. The van der Waals surface area contributed by atoms with Crippen LogP contribution in [0, 0.1) is 0 Å². The number of halogens is 1. The molecule has 2 nitrogen and oxygen atoms in total. The molecule has 2 aromatic rings. The largest absolute Gasteiger partial charge is 0.328 e. The van der Waals surface area contributed by atoms with Crippen LogP contribution in [0.5, 0.6) is 0 Å². The molecule has 0 saturated carbocycles. The highest BCUT2D eigenvalue weighted by atomic mass is 35.5. The number of para-hydroxylation sites is 1. The van der Waals surface area contributed by atoms with E-state index in [0.717, 1.165) is 11.5 Å². The Labute approximate surface area is 94.1 Å². The van der Waals surface area contributed by atoms with E-state index in [2.05, 4.69) is 4.98 Å². The van der Waals surface area contributed by atoms with Gasteiger partial charge in [0.15, 0.2) is 5.82 Å². The fourth-order valence-electron chi connectivity index (χ4n) is 1.40. The van der Waals surface area contributed by atoms with Gasteiger partial charge in [0.1, 0.15) is 0 Å². The zero-order valence-electron chi connectivity index (χ0n) is 8.39. The average molecular weight is 219 g/mol. The molecule has 0 N–H and O–H groups in total. The molecule has 3 heteroatoms. The van der Waals surface area contributed by atoms with E-state index in [1.54, 1.807) is 6.20 Å². The maximum atomic E-state index is 6.06. The maximum absolute atomic E-state index is 6.06. The van der Waals surface area contributed by atoms with Gasteiger partial charge >= 0.3 is 0 Å². The van der Waals surface area contributed by atoms with E-state index < -0.39 is 0 Å². The van der Waals surface area contributed by atoms with Crippen molar-refractivity contribution in [3.05, 3.63) is 53.7 Å². The van der Waals surface area contributed by atoms with Crippen molar-refractivity contribution >= 4 is 23.1 Å². The Hall–Kier alpha value is -1.54. The number of hydrogen-bond acceptors (Lipinski definition) is 2. The van der Waals surface area contributed by atoms with Gasteiger partial charge in [-0.15, -0.1) is 0 Å². The lowest BCUT2D eigenvalue weighted by Crippen LogP contribution is -2.11. The fourth-order valence-corrected chi connectivity index (χ4v) is 1.65. The van der Waals surface area contributed by atoms with Gasteiger partial charge in [-0.2, -0.15) is 0 Å². The molecule has 0 atom stereocenters. The summed E-state index contributed by atoms with van der Waals surface area (Å²) < 4.78 is 0. The number of nitrogens with zero attached hydrogens (tertiary/aromatic N) is 2. The second kappa shape index (κ2) is 4.32. The molecule has 0 aliphatic carbocycles. The molecular formula is C12H11ClN2. The second-order valence-corrected chi connectivity index (χ2v) is 3.61. The van der Waals surface area contributed by atoms with Crippen LogP contribution in [-0.2, 0) is 0 Å². The molecule has 1 heterocycles. The quantitative estimate of drug-likeness (QED) is 0.767. The van der Waals surface area contributed by atoms with Crippen molar-refractivity contribution in [1.82, 2.24) is 4.98 Å². The first-order chi connectivity index (χ1) is 7.29. The Balaban J connectivity index is 2.37. The van der Waals surface area contributed by atoms with Gasteiger partial charge in [-0.05, 0) is 24.3 Å². The lowest BCUT2D eigenvalue weighted by Gasteiger charge is -2.18. The molecule has 0 saturated heterocycles. The lowest BCUT2D eigenvalue weighted by molar-refractivity contribution is 1.13. The van der Waals surface area contributed by atoms with Gasteiger partial charge in [-0.3, -0.25) is 0 Å². The van der Waals surface area contributed by atoms with E-state index in [1.165, 1.54) is 0 Å². The molecular weight excluding hydrogens is 208 g/mol. The highest BCUT2D eigenvalue weighted by molar-refractivity contribution is 6.33. The Morgan fingerprint density at radius 3 is 2.47 bits per heavy atom. The zero-order valence-corrected chi connectivity index (χ0v) is 9.15. The maximum Gasteiger partial charge on any atom is 0.151 e. The van der Waals surface area contributed by atoms with E-state index in [4.69, 9.17) is 11.6 Å². The van der Waals surface area contributed by atoms with Gasteiger partial charge in [-0.25, -0.2) is 4.98 Å². The topological polar surface area (TPSA) is 16.1 Å². The minimum Gasteiger partial charge on any atom is -0.328 e. The first kappa shape index (κ1) is 9.99. The van der Waals surface area contributed by atoms with Crippen LogP contribution in [0.2, 0.25) is 5.02 Å². The third-order valence-electron chi connectivity index (χ3n) is 2.20. The SMILES string of the molecule is CN(c1ccccc1)c1ncccc1Cl. The number of rotatable bonds is 2. The summed E-state index contributed by atoms with van der Waals surface area (Å²) in [6.45, 7) is 0. The van der Waals surface area contributed by atoms with Crippen LogP contribution in [-0.4, -0.2) is 12.0 Å². The highest BCUT2D eigenvalue weighted by Crippen LogP contribution is 2.27. The molecule has 0 amide bonds. The number of hydrogen-bond donors (Lipinski definition) is 0. The Kier molecular flexibility index (Phi) is 2.88. The van der Waals surface area contributed by atoms with Crippen molar-refractivity contribution in [2.75, 3.05) is 11.9 Å². The molecule has 0 fully saturated rings. The summed E-state index contributed by atoms with van der Waals surface area (Å²) in [5.41, 5.74) is 1.07. The molecule has 2 rings (SSSR count). The molecule has 0 radical (unpaired) electrons. The first-order valence-corrected chi connectivity index (χ1v) is 5.06. The fraction of sp³-hybridized carbons (Fsp3) is 0.0833. The van der Waals surface area contributed by atoms with Gasteiger partial charge in [-0.1, -0.05) is 29.8 Å². The van der Waals surface area contributed by atoms with Crippen LogP contribution in [0.3, 0.4) is 0 Å². The van der Waals surface area contributed by atoms with E-state index >= 15 is 0 Å². The molecule has 0 bridgehead atoms. The van der Waals surface area contributed by atoms with Crippen LogP contribution in [0.25, 0.3) is 0 Å². The number of anilines is 2. The normalized spacial score (nSPS) is 10.0. The van der Waals surface area contributed by atoms with Gasteiger partial charge in [0.05, 0.1) is 5.02 Å². The van der Waals surface area contributed by atoms with Crippen molar-refractivity contribution < 1.29 is 0 Å². The van der Waals surface area contributed by atoms with Crippen LogP contribution >= 0.6 is 11.6 Å². The van der Waals surface area contributed by atoms with E-state index in [0.29, 0.717) is 5.02 Å². The number of aromatic nitrogens is 1. The monoisotopic (exact) mass is 218 g/mol. The number of benzene rings is 1. The van der Waals surface area contributed by atoms with Gasteiger partial charge in [0.25, 0.3) is 0 Å². The summed E-state index contributed by atoms with van der Waals surface area (Å²) in [6.07, 6.45) is 1.74. The Morgan fingerprint density at radius 1 is 1.07 bits per heavy atom. The van der Waals surface area contributed by atoms with Crippen LogP contribution in [0.1, 0.15) is 0 Å². The minimum atomic E-state index is 0.656. The van der Waals surface area contributed by atoms with Gasteiger partial charge in [0.2, 0.25) is 0 Å². The third kappa shape index (κ3) is 2.10. The highest BCUT2D eigenvalue weighted by Gasteiger charge is 2.07. The summed E-state index contributed by atoms with van der Waals surface area (Å²) in [5, 5.41) is 0.656. The molecule has 1 aromatic carbocycles. The van der Waals surface area contributed by atoms with E-state index in [1.807, 2.05) is 54.4 Å². The van der Waals surface area contributed by atoms with Crippen molar-refractivity contribution in [3.63, 3.8) is 0 Å². The van der Waals surface area contributed by atoms with Gasteiger partial charge in [0, 0.05) is 18.9 Å². The van der Waals surface area contributed by atoms with Crippen molar-refractivity contribution in [2.45, 2.75) is 0 Å². The van der Waals surface area contributed by atoms with Crippen molar-refractivity contribution in [1.29, 1.82) is 0 Å². The van der Waals surface area contributed by atoms with E-state index in [9.17, 15) is 0 Å². The molecule has 0 spiro atoms. The minimum absolute atomic E-state index is 0.656. The number of pyridine rings is 1. The summed E-state index contributed by atoms with van der Waals surface area (Å²) in [5.74, 6) is 0.769. The predicted molar refractivity (Wildman–Crippen MR) is 63.8 cm³/mol. The lowest BCUT2D eigenvalue weighted by atomic mass is 10.3. The van der Waals surface area contributed by atoms with Crippen molar-refractivity contribution in [2.24, 2.45) is 0 Å². The Morgan fingerprint density at radius 2 is 1.80 bits per heavy atom. The molecule has 1 aromatic heterocycles. The Bertz CT molecular complexity index is 442. The molecule has 0 aliphatic heterocycles. The molecule has 76 valence electrons.